The Bertz CT molecular complexity index is 457. The van der Waals surface area contributed by atoms with Crippen molar-refractivity contribution < 1.29 is 13.6 Å². The molecule has 19 heavy (non-hydrogen) atoms. The molecule has 0 N–H and O–H groups in total. The van der Waals surface area contributed by atoms with Crippen molar-refractivity contribution in [3.8, 4) is 0 Å². The number of hydrogen-bond donors (Lipinski definition) is 0. The molecule has 2 rings (SSSR count). The predicted octanol–water partition coefficient (Wildman–Crippen LogP) is 2.13. The number of carbonyl (C=O) groups excluding carboxylic acids is 1. The van der Waals surface area contributed by atoms with E-state index in [9.17, 15) is 13.6 Å². The normalized spacial score (nSPS) is 16.7. The molecular formula is C14H18F2N2O. The molecule has 0 saturated carbocycles. The summed E-state index contributed by atoms with van der Waals surface area (Å²) in [6.07, 6.45) is 1.08. The fraction of sp³-hybridized carbons (Fsp3) is 0.500. The van der Waals surface area contributed by atoms with Crippen LogP contribution in [-0.4, -0.2) is 48.4 Å². The van der Waals surface area contributed by atoms with Crippen LogP contribution in [0.3, 0.4) is 0 Å². The Kier molecular flexibility index (Phi) is 4.47. The van der Waals surface area contributed by atoms with Gasteiger partial charge in [0.15, 0.2) is 11.6 Å². The summed E-state index contributed by atoms with van der Waals surface area (Å²) in [4.78, 5) is 16.0. The maximum absolute atomic E-state index is 13.6. The molecule has 1 amide bonds. The Morgan fingerprint density at radius 2 is 1.89 bits per heavy atom. The fourth-order valence-corrected chi connectivity index (χ4v) is 2.33. The van der Waals surface area contributed by atoms with E-state index in [1.807, 2.05) is 0 Å². The zero-order valence-electron chi connectivity index (χ0n) is 11.0. The summed E-state index contributed by atoms with van der Waals surface area (Å²) in [5, 5.41) is 0. The average molecular weight is 268 g/mol. The molecule has 0 atom stereocenters. The Balaban J connectivity index is 2.03. The van der Waals surface area contributed by atoms with Gasteiger partial charge in [0, 0.05) is 26.2 Å². The minimum absolute atomic E-state index is 0.177. The van der Waals surface area contributed by atoms with Crippen molar-refractivity contribution in [2.75, 3.05) is 32.7 Å². The van der Waals surface area contributed by atoms with Crippen LogP contribution in [0, 0.1) is 11.6 Å². The summed E-state index contributed by atoms with van der Waals surface area (Å²) in [7, 11) is 0. The summed E-state index contributed by atoms with van der Waals surface area (Å²) < 4.78 is 26.7. The van der Waals surface area contributed by atoms with Gasteiger partial charge >= 0.3 is 0 Å². The molecule has 1 aliphatic heterocycles. The number of carbonyl (C=O) groups is 1. The molecule has 3 nitrogen and oxygen atoms in total. The lowest BCUT2D eigenvalue weighted by molar-refractivity contribution is 0.0632. The van der Waals surface area contributed by atoms with E-state index in [4.69, 9.17) is 0 Å². The van der Waals surface area contributed by atoms with Crippen molar-refractivity contribution in [2.45, 2.75) is 13.3 Å². The number of benzene rings is 1. The van der Waals surface area contributed by atoms with Crippen LogP contribution in [0.15, 0.2) is 18.2 Å². The van der Waals surface area contributed by atoms with Gasteiger partial charge in [-0.05, 0) is 25.1 Å². The SMILES string of the molecule is CCCN1CCN(C(=O)c2cccc(F)c2F)CC1. The first-order chi connectivity index (χ1) is 9.13. The Morgan fingerprint density at radius 1 is 1.21 bits per heavy atom. The number of amides is 1. The summed E-state index contributed by atoms with van der Waals surface area (Å²) in [5.41, 5.74) is -0.177. The maximum Gasteiger partial charge on any atom is 0.257 e. The van der Waals surface area contributed by atoms with Gasteiger partial charge < -0.3 is 4.90 Å². The van der Waals surface area contributed by atoms with Crippen molar-refractivity contribution >= 4 is 5.91 Å². The van der Waals surface area contributed by atoms with Crippen LogP contribution < -0.4 is 0 Å². The number of halogens is 2. The van der Waals surface area contributed by atoms with E-state index in [0.717, 1.165) is 32.1 Å². The number of nitrogens with zero attached hydrogens (tertiary/aromatic N) is 2. The first kappa shape index (κ1) is 13.9. The second kappa shape index (κ2) is 6.10. The molecular weight excluding hydrogens is 250 g/mol. The van der Waals surface area contributed by atoms with E-state index in [2.05, 4.69) is 11.8 Å². The van der Waals surface area contributed by atoms with Crippen LogP contribution >= 0.6 is 0 Å². The molecule has 1 aliphatic rings. The smallest absolute Gasteiger partial charge is 0.257 e. The second-order valence-electron chi connectivity index (χ2n) is 4.74. The minimum atomic E-state index is -1.05. The van der Waals surface area contributed by atoms with Gasteiger partial charge in [-0.1, -0.05) is 13.0 Å². The molecule has 104 valence electrons. The topological polar surface area (TPSA) is 23.6 Å². The third-order valence-corrected chi connectivity index (χ3v) is 3.38. The molecule has 1 heterocycles. The van der Waals surface area contributed by atoms with Crippen LogP contribution in [0.2, 0.25) is 0 Å². The van der Waals surface area contributed by atoms with Crippen molar-refractivity contribution in [3.05, 3.63) is 35.4 Å². The summed E-state index contributed by atoms with van der Waals surface area (Å²) in [5.74, 6) is -2.45. The monoisotopic (exact) mass is 268 g/mol. The van der Waals surface area contributed by atoms with E-state index in [0.29, 0.717) is 13.1 Å². The molecule has 1 fully saturated rings. The van der Waals surface area contributed by atoms with Crippen LogP contribution in [-0.2, 0) is 0 Å². The van der Waals surface area contributed by atoms with Crippen LogP contribution in [0.4, 0.5) is 8.78 Å². The van der Waals surface area contributed by atoms with Gasteiger partial charge in [-0.25, -0.2) is 8.78 Å². The maximum atomic E-state index is 13.6. The van der Waals surface area contributed by atoms with E-state index in [1.54, 1.807) is 4.90 Å². The molecule has 0 unspecified atom stereocenters. The number of hydrogen-bond acceptors (Lipinski definition) is 2. The van der Waals surface area contributed by atoms with E-state index in [1.165, 1.54) is 12.1 Å². The Morgan fingerprint density at radius 3 is 2.53 bits per heavy atom. The number of piperazine rings is 1. The van der Waals surface area contributed by atoms with Gasteiger partial charge in [-0.3, -0.25) is 9.69 Å². The highest BCUT2D eigenvalue weighted by Crippen LogP contribution is 2.15. The third kappa shape index (κ3) is 3.10. The van der Waals surface area contributed by atoms with E-state index >= 15 is 0 Å². The van der Waals surface area contributed by atoms with Gasteiger partial charge in [0.1, 0.15) is 0 Å². The van der Waals surface area contributed by atoms with Crippen LogP contribution in [0.1, 0.15) is 23.7 Å². The van der Waals surface area contributed by atoms with Crippen molar-refractivity contribution in [3.63, 3.8) is 0 Å². The largest absolute Gasteiger partial charge is 0.336 e. The van der Waals surface area contributed by atoms with Crippen molar-refractivity contribution in [2.24, 2.45) is 0 Å². The summed E-state index contributed by atoms with van der Waals surface area (Å²) >= 11 is 0. The molecule has 0 spiro atoms. The van der Waals surface area contributed by atoms with Crippen LogP contribution in [0.5, 0.6) is 0 Å². The molecule has 1 aromatic carbocycles. The highest BCUT2D eigenvalue weighted by atomic mass is 19.2. The zero-order chi connectivity index (χ0) is 13.8. The van der Waals surface area contributed by atoms with Gasteiger partial charge in [-0.15, -0.1) is 0 Å². The molecule has 0 aliphatic carbocycles. The highest BCUT2D eigenvalue weighted by Gasteiger charge is 2.24. The van der Waals surface area contributed by atoms with E-state index in [-0.39, 0.29) is 5.56 Å². The van der Waals surface area contributed by atoms with Crippen LogP contribution in [0.25, 0.3) is 0 Å². The van der Waals surface area contributed by atoms with Gasteiger partial charge in [0.05, 0.1) is 5.56 Å². The van der Waals surface area contributed by atoms with Crippen molar-refractivity contribution in [1.29, 1.82) is 0 Å². The summed E-state index contributed by atoms with van der Waals surface area (Å²) in [6, 6.07) is 3.71. The molecule has 0 aromatic heterocycles. The minimum Gasteiger partial charge on any atom is -0.336 e. The summed E-state index contributed by atoms with van der Waals surface area (Å²) in [6.45, 7) is 5.83. The first-order valence-electron chi connectivity index (χ1n) is 6.59. The third-order valence-electron chi connectivity index (χ3n) is 3.38. The van der Waals surface area contributed by atoms with Gasteiger partial charge in [0.25, 0.3) is 5.91 Å². The van der Waals surface area contributed by atoms with Gasteiger partial charge in [-0.2, -0.15) is 0 Å². The quantitative estimate of drug-likeness (QED) is 0.838. The molecule has 1 aromatic rings. The molecule has 0 radical (unpaired) electrons. The fourth-order valence-electron chi connectivity index (χ4n) is 2.33. The molecule has 0 bridgehead atoms. The second-order valence-corrected chi connectivity index (χ2v) is 4.74. The standard InChI is InChI=1S/C14H18F2N2O/c1-2-6-17-7-9-18(10-8-17)14(19)11-4-3-5-12(15)13(11)16/h3-5H,2,6-10H2,1H3. The number of rotatable bonds is 3. The predicted molar refractivity (Wildman–Crippen MR) is 69.0 cm³/mol. The van der Waals surface area contributed by atoms with Crippen molar-refractivity contribution in [1.82, 2.24) is 9.80 Å². The van der Waals surface area contributed by atoms with E-state index < -0.39 is 17.5 Å². The molecule has 5 heteroatoms. The lowest BCUT2D eigenvalue weighted by atomic mass is 10.1. The Labute approximate surface area is 111 Å². The van der Waals surface area contributed by atoms with Gasteiger partial charge in [0.2, 0.25) is 0 Å². The molecule has 1 saturated heterocycles. The highest BCUT2D eigenvalue weighted by molar-refractivity contribution is 5.94. The lowest BCUT2D eigenvalue weighted by Crippen LogP contribution is -2.48. The Hall–Kier alpha value is -1.49. The zero-order valence-corrected chi connectivity index (χ0v) is 11.0. The lowest BCUT2D eigenvalue weighted by Gasteiger charge is -2.34. The first-order valence-corrected chi connectivity index (χ1v) is 6.59. The average Bonchev–Trinajstić information content (AvgIpc) is 2.42.